The molecule has 0 aliphatic carbocycles. The molecule has 2 rings (SSSR count). The van der Waals surface area contributed by atoms with Gasteiger partial charge in [0.15, 0.2) is 0 Å². The zero-order valence-electron chi connectivity index (χ0n) is 11.9. The first-order chi connectivity index (χ1) is 8.16. The first-order valence-electron chi connectivity index (χ1n) is 7.66. The van der Waals surface area contributed by atoms with Crippen molar-refractivity contribution in [2.75, 3.05) is 13.1 Å². The van der Waals surface area contributed by atoms with E-state index in [1.807, 2.05) is 0 Å². The highest BCUT2D eigenvalue weighted by Gasteiger charge is 2.28. The number of piperidine rings is 2. The van der Waals surface area contributed by atoms with Gasteiger partial charge in [0.05, 0.1) is 0 Å². The zero-order chi connectivity index (χ0) is 12.3. The van der Waals surface area contributed by atoms with Gasteiger partial charge >= 0.3 is 0 Å². The standard InChI is InChI=1S/C15H30N2/c1-12-7-9-17(13(2)10-12)14(3)11-15-6-4-5-8-16-15/h12-16H,4-11H2,1-3H3. The van der Waals surface area contributed by atoms with Crippen LogP contribution in [0, 0.1) is 5.92 Å². The van der Waals surface area contributed by atoms with Gasteiger partial charge in [-0.25, -0.2) is 0 Å². The highest BCUT2D eigenvalue weighted by atomic mass is 15.2. The number of hydrogen-bond donors (Lipinski definition) is 1. The van der Waals surface area contributed by atoms with Crippen molar-refractivity contribution in [3.63, 3.8) is 0 Å². The van der Waals surface area contributed by atoms with Crippen molar-refractivity contribution in [1.82, 2.24) is 10.2 Å². The molecule has 0 spiro atoms. The third-order valence-electron chi connectivity index (χ3n) is 4.79. The molecular weight excluding hydrogens is 208 g/mol. The second-order valence-corrected chi connectivity index (χ2v) is 6.45. The van der Waals surface area contributed by atoms with Crippen LogP contribution in [0.4, 0.5) is 0 Å². The van der Waals surface area contributed by atoms with Crippen molar-refractivity contribution >= 4 is 0 Å². The van der Waals surface area contributed by atoms with E-state index in [9.17, 15) is 0 Å². The maximum absolute atomic E-state index is 3.69. The molecule has 2 nitrogen and oxygen atoms in total. The van der Waals surface area contributed by atoms with Crippen LogP contribution in [0.5, 0.6) is 0 Å². The summed E-state index contributed by atoms with van der Waals surface area (Å²) in [5.74, 6) is 0.932. The fraction of sp³-hybridized carbons (Fsp3) is 1.00. The van der Waals surface area contributed by atoms with Crippen LogP contribution >= 0.6 is 0 Å². The molecule has 2 saturated heterocycles. The summed E-state index contributed by atoms with van der Waals surface area (Å²) in [5.41, 5.74) is 0. The van der Waals surface area contributed by atoms with E-state index in [0.717, 1.165) is 24.0 Å². The molecule has 2 heterocycles. The van der Waals surface area contributed by atoms with E-state index < -0.39 is 0 Å². The molecule has 0 radical (unpaired) electrons. The minimum absolute atomic E-state index is 0.758. The van der Waals surface area contributed by atoms with Crippen molar-refractivity contribution in [3.8, 4) is 0 Å². The molecule has 0 aromatic heterocycles. The molecule has 4 unspecified atom stereocenters. The van der Waals surface area contributed by atoms with Crippen molar-refractivity contribution in [2.45, 2.75) is 77.4 Å². The Morgan fingerprint density at radius 3 is 2.71 bits per heavy atom. The van der Waals surface area contributed by atoms with Crippen molar-refractivity contribution < 1.29 is 0 Å². The van der Waals surface area contributed by atoms with Gasteiger partial charge in [-0.2, -0.15) is 0 Å². The zero-order valence-corrected chi connectivity index (χ0v) is 11.9. The lowest BCUT2D eigenvalue weighted by molar-refractivity contribution is 0.0782. The Morgan fingerprint density at radius 2 is 2.06 bits per heavy atom. The Kier molecular flexibility index (Phi) is 4.87. The predicted octanol–water partition coefficient (Wildman–Crippen LogP) is 3.03. The summed E-state index contributed by atoms with van der Waals surface area (Å²) in [6, 6.07) is 2.33. The number of rotatable bonds is 3. The molecule has 0 aromatic carbocycles. The second-order valence-electron chi connectivity index (χ2n) is 6.45. The van der Waals surface area contributed by atoms with Crippen LogP contribution in [0.25, 0.3) is 0 Å². The fourth-order valence-corrected chi connectivity index (χ4v) is 3.75. The van der Waals surface area contributed by atoms with Gasteiger partial charge < -0.3 is 5.32 Å². The normalized spacial score (nSPS) is 37.9. The van der Waals surface area contributed by atoms with E-state index in [-0.39, 0.29) is 0 Å². The maximum Gasteiger partial charge on any atom is 0.00845 e. The third-order valence-corrected chi connectivity index (χ3v) is 4.79. The van der Waals surface area contributed by atoms with Gasteiger partial charge in [-0.1, -0.05) is 13.3 Å². The average molecular weight is 238 g/mol. The minimum Gasteiger partial charge on any atom is -0.314 e. The lowest BCUT2D eigenvalue weighted by Gasteiger charge is -2.42. The molecule has 0 saturated carbocycles. The molecular formula is C15H30N2. The van der Waals surface area contributed by atoms with Gasteiger partial charge in [-0.05, 0) is 65.0 Å². The van der Waals surface area contributed by atoms with Gasteiger partial charge in [0, 0.05) is 18.1 Å². The molecule has 0 aromatic rings. The minimum atomic E-state index is 0.758. The lowest BCUT2D eigenvalue weighted by Crippen LogP contribution is -2.48. The Bertz CT molecular complexity index is 223. The monoisotopic (exact) mass is 238 g/mol. The lowest BCUT2D eigenvalue weighted by atomic mass is 9.90. The van der Waals surface area contributed by atoms with Gasteiger partial charge in [0.25, 0.3) is 0 Å². The molecule has 2 aliphatic heterocycles. The van der Waals surface area contributed by atoms with Crippen LogP contribution in [0.3, 0.4) is 0 Å². The summed E-state index contributed by atoms with van der Waals surface area (Å²) in [6.07, 6.45) is 8.33. The number of likely N-dealkylation sites (tertiary alicyclic amines) is 1. The first-order valence-corrected chi connectivity index (χ1v) is 7.66. The van der Waals surface area contributed by atoms with E-state index in [0.29, 0.717) is 0 Å². The van der Waals surface area contributed by atoms with Gasteiger partial charge in [0.2, 0.25) is 0 Å². The van der Waals surface area contributed by atoms with E-state index in [2.05, 4.69) is 31.0 Å². The van der Waals surface area contributed by atoms with Gasteiger partial charge in [-0.15, -0.1) is 0 Å². The Labute approximate surface area is 107 Å². The van der Waals surface area contributed by atoms with Crippen LogP contribution < -0.4 is 5.32 Å². The Morgan fingerprint density at radius 1 is 1.24 bits per heavy atom. The van der Waals surface area contributed by atoms with Crippen LogP contribution in [0.2, 0.25) is 0 Å². The SMILES string of the molecule is CC1CCN(C(C)CC2CCCCN2)C(C)C1. The first kappa shape index (κ1) is 13.4. The smallest absolute Gasteiger partial charge is 0.00845 e. The average Bonchev–Trinajstić information content (AvgIpc) is 2.30. The van der Waals surface area contributed by atoms with E-state index in [1.165, 1.54) is 51.6 Å². The van der Waals surface area contributed by atoms with Gasteiger partial charge in [0.1, 0.15) is 0 Å². The van der Waals surface area contributed by atoms with E-state index in [4.69, 9.17) is 0 Å². The van der Waals surface area contributed by atoms with E-state index in [1.54, 1.807) is 0 Å². The summed E-state index contributed by atoms with van der Waals surface area (Å²) in [5, 5.41) is 3.69. The fourth-order valence-electron chi connectivity index (χ4n) is 3.75. The number of hydrogen-bond acceptors (Lipinski definition) is 2. The molecule has 100 valence electrons. The number of nitrogens with one attached hydrogen (secondary N) is 1. The highest BCUT2D eigenvalue weighted by molar-refractivity contribution is 4.84. The van der Waals surface area contributed by atoms with Crippen LogP contribution in [0.1, 0.15) is 59.3 Å². The molecule has 4 atom stereocenters. The van der Waals surface area contributed by atoms with Crippen molar-refractivity contribution in [3.05, 3.63) is 0 Å². The predicted molar refractivity (Wildman–Crippen MR) is 74.3 cm³/mol. The molecule has 2 heteroatoms. The largest absolute Gasteiger partial charge is 0.314 e. The molecule has 17 heavy (non-hydrogen) atoms. The summed E-state index contributed by atoms with van der Waals surface area (Å²) in [7, 11) is 0. The topological polar surface area (TPSA) is 15.3 Å². The quantitative estimate of drug-likeness (QED) is 0.813. The summed E-state index contributed by atoms with van der Waals surface area (Å²) < 4.78 is 0. The second kappa shape index (κ2) is 6.19. The van der Waals surface area contributed by atoms with Crippen molar-refractivity contribution in [1.29, 1.82) is 0 Å². The summed E-state index contributed by atoms with van der Waals surface area (Å²) >= 11 is 0. The molecule has 1 N–H and O–H groups in total. The highest BCUT2D eigenvalue weighted by Crippen LogP contribution is 2.26. The van der Waals surface area contributed by atoms with E-state index >= 15 is 0 Å². The molecule has 0 amide bonds. The third kappa shape index (κ3) is 3.69. The van der Waals surface area contributed by atoms with Crippen LogP contribution in [-0.4, -0.2) is 36.1 Å². The van der Waals surface area contributed by atoms with Crippen LogP contribution in [0.15, 0.2) is 0 Å². The molecule has 0 bridgehead atoms. The Hall–Kier alpha value is -0.0800. The van der Waals surface area contributed by atoms with Gasteiger partial charge in [-0.3, -0.25) is 4.90 Å². The molecule has 2 aliphatic rings. The van der Waals surface area contributed by atoms with Crippen LogP contribution in [-0.2, 0) is 0 Å². The Balaban J connectivity index is 1.80. The summed E-state index contributed by atoms with van der Waals surface area (Å²) in [4.78, 5) is 2.75. The molecule has 2 fully saturated rings. The maximum atomic E-state index is 3.69. The number of nitrogens with zero attached hydrogens (tertiary/aromatic N) is 1. The summed E-state index contributed by atoms with van der Waals surface area (Å²) in [6.45, 7) is 9.81. The van der Waals surface area contributed by atoms with Crippen molar-refractivity contribution in [2.24, 2.45) is 5.92 Å².